The van der Waals surface area contributed by atoms with Crippen molar-refractivity contribution in [3.8, 4) is 5.75 Å². The van der Waals surface area contributed by atoms with Crippen molar-refractivity contribution in [1.29, 1.82) is 0 Å². The smallest absolute Gasteiger partial charge is 0.257 e. The van der Waals surface area contributed by atoms with Gasteiger partial charge in [-0.3, -0.25) is 4.79 Å². The van der Waals surface area contributed by atoms with Crippen molar-refractivity contribution < 1.29 is 9.53 Å². The number of hydrogen-bond acceptors (Lipinski definition) is 3. The predicted molar refractivity (Wildman–Crippen MR) is 75.3 cm³/mol. The van der Waals surface area contributed by atoms with Crippen LogP contribution in [0.2, 0.25) is 0 Å². The Morgan fingerprint density at radius 3 is 3.00 bits per heavy atom. The van der Waals surface area contributed by atoms with Crippen LogP contribution in [0.25, 0.3) is 0 Å². The molecule has 1 aromatic carbocycles. The molecule has 0 radical (unpaired) electrons. The molecule has 2 N–H and O–H groups in total. The fourth-order valence-electron chi connectivity index (χ4n) is 2.73. The summed E-state index contributed by atoms with van der Waals surface area (Å²) in [5, 5.41) is 0. The zero-order valence-electron chi connectivity index (χ0n) is 11.5. The average molecular weight is 262 g/mol. The highest BCUT2D eigenvalue weighted by molar-refractivity contribution is 5.97. The second-order valence-corrected chi connectivity index (χ2v) is 4.93. The maximum Gasteiger partial charge on any atom is 0.257 e. The topological polar surface area (TPSA) is 55.6 Å². The first-order chi connectivity index (χ1) is 9.27. The Kier molecular flexibility index (Phi) is 4.80. The zero-order valence-corrected chi connectivity index (χ0v) is 11.5. The fraction of sp³-hybridized carbons (Fsp3) is 0.533. The Bertz CT molecular complexity index is 434. The maximum absolute atomic E-state index is 12.6. The second kappa shape index (κ2) is 6.57. The van der Waals surface area contributed by atoms with Crippen molar-refractivity contribution in [1.82, 2.24) is 4.90 Å². The molecule has 1 fully saturated rings. The number of hydrogen-bond donors (Lipinski definition) is 1. The highest BCUT2D eigenvalue weighted by Crippen LogP contribution is 2.26. The van der Waals surface area contributed by atoms with E-state index in [0.29, 0.717) is 23.9 Å². The van der Waals surface area contributed by atoms with Gasteiger partial charge in [0.2, 0.25) is 0 Å². The molecule has 1 atom stereocenters. The Hall–Kier alpha value is -1.55. The molecule has 1 saturated heterocycles. The summed E-state index contributed by atoms with van der Waals surface area (Å²) in [5.41, 5.74) is 6.22. The van der Waals surface area contributed by atoms with Gasteiger partial charge in [-0.1, -0.05) is 12.1 Å². The van der Waals surface area contributed by atoms with E-state index in [-0.39, 0.29) is 5.91 Å². The summed E-state index contributed by atoms with van der Waals surface area (Å²) in [6, 6.07) is 7.75. The third-order valence-electron chi connectivity index (χ3n) is 3.72. The normalized spacial score (nSPS) is 18.6. The van der Waals surface area contributed by atoms with E-state index >= 15 is 0 Å². The SMILES string of the molecule is COc1ccccc1C(=O)N1CCCC1CCCN. The molecule has 0 saturated carbocycles. The van der Waals surface area contributed by atoms with Crippen molar-refractivity contribution in [2.45, 2.75) is 31.7 Å². The van der Waals surface area contributed by atoms with Crippen LogP contribution in [0.5, 0.6) is 5.75 Å². The largest absolute Gasteiger partial charge is 0.496 e. The summed E-state index contributed by atoms with van der Waals surface area (Å²) in [5.74, 6) is 0.731. The first-order valence-electron chi connectivity index (χ1n) is 6.92. The molecular formula is C15H22N2O2. The van der Waals surface area contributed by atoms with Crippen LogP contribution in [-0.4, -0.2) is 37.0 Å². The van der Waals surface area contributed by atoms with Gasteiger partial charge in [-0.05, 0) is 44.4 Å². The fourth-order valence-corrected chi connectivity index (χ4v) is 2.73. The molecule has 1 amide bonds. The lowest BCUT2D eigenvalue weighted by Crippen LogP contribution is -2.36. The van der Waals surface area contributed by atoms with Gasteiger partial charge >= 0.3 is 0 Å². The first kappa shape index (κ1) is 13.9. The van der Waals surface area contributed by atoms with Crippen molar-refractivity contribution in [2.75, 3.05) is 20.2 Å². The Morgan fingerprint density at radius 1 is 1.47 bits per heavy atom. The monoisotopic (exact) mass is 262 g/mol. The predicted octanol–water partition coefficient (Wildman–Crippen LogP) is 2.04. The number of likely N-dealkylation sites (tertiary alicyclic amines) is 1. The molecule has 0 bridgehead atoms. The van der Waals surface area contributed by atoms with Gasteiger partial charge in [0.05, 0.1) is 12.7 Å². The lowest BCUT2D eigenvalue weighted by molar-refractivity contribution is 0.0726. The van der Waals surface area contributed by atoms with Crippen molar-refractivity contribution in [3.05, 3.63) is 29.8 Å². The summed E-state index contributed by atoms with van der Waals surface area (Å²) in [7, 11) is 1.60. The van der Waals surface area contributed by atoms with E-state index in [1.807, 2.05) is 29.2 Å². The Balaban J connectivity index is 2.13. The number of ether oxygens (including phenoxy) is 1. The molecule has 4 nitrogen and oxygen atoms in total. The first-order valence-corrected chi connectivity index (χ1v) is 6.92. The minimum absolute atomic E-state index is 0.0805. The van der Waals surface area contributed by atoms with Crippen LogP contribution in [-0.2, 0) is 0 Å². The van der Waals surface area contributed by atoms with Crippen LogP contribution >= 0.6 is 0 Å². The molecule has 1 unspecified atom stereocenters. The molecule has 1 aliphatic rings. The van der Waals surface area contributed by atoms with Crippen molar-refractivity contribution in [2.24, 2.45) is 5.73 Å². The van der Waals surface area contributed by atoms with E-state index in [0.717, 1.165) is 32.2 Å². The van der Waals surface area contributed by atoms with Gasteiger partial charge in [-0.25, -0.2) is 0 Å². The van der Waals surface area contributed by atoms with Crippen LogP contribution in [0.15, 0.2) is 24.3 Å². The molecule has 1 aliphatic heterocycles. The van der Waals surface area contributed by atoms with Crippen LogP contribution in [0, 0.1) is 0 Å². The van der Waals surface area contributed by atoms with Gasteiger partial charge < -0.3 is 15.4 Å². The summed E-state index contributed by atoms with van der Waals surface area (Å²) in [6.07, 6.45) is 4.13. The standard InChI is InChI=1S/C15H22N2O2/c1-19-14-9-3-2-8-13(14)15(18)17-11-5-7-12(17)6-4-10-16/h2-3,8-9,12H,4-7,10-11,16H2,1H3. The molecule has 4 heteroatoms. The maximum atomic E-state index is 12.6. The number of nitrogens with two attached hydrogens (primary N) is 1. The lowest BCUT2D eigenvalue weighted by Gasteiger charge is -2.25. The van der Waals surface area contributed by atoms with Crippen LogP contribution in [0.1, 0.15) is 36.0 Å². The molecule has 2 rings (SSSR count). The number of methoxy groups -OCH3 is 1. The molecule has 0 aromatic heterocycles. The Labute approximate surface area is 114 Å². The molecule has 0 spiro atoms. The summed E-state index contributed by atoms with van der Waals surface area (Å²) >= 11 is 0. The molecular weight excluding hydrogens is 240 g/mol. The third-order valence-corrected chi connectivity index (χ3v) is 3.72. The van der Waals surface area contributed by atoms with Gasteiger partial charge in [-0.15, -0.1) is 0 Å². The molecule has 1 heterocycles. The summed E-state index contributed by atoms with van der Waals surface area (Å²) in [6.45, 7) is 1.53. The van der Waals surface area contributed by atoms with E-state index in [1.165, 1.54) is 0 Å². The summed E-state index contributed by atoms with van der Waals surface area (Å²) < 4.78 is 5.27. The third kappa shape index (κ3) is 3.07. The number of amides is 1. The molecule has 104 valence electrons. The minimum atomic E-state index is 0.0805. The van der Waals surface area contributed by atoms with Gasteiger partial charge in [0.25, 0.3) is 5.91 Å². The lowest BCUT2D eigenvalue weighted by atomic mass is 10.1. The van der Waals surface area contributed by atoms with E-state index in [4.69, 9.17) is 10.5 Å². The zero-order chi connectivity index (χ0) is 13.7. The average Bonchev–Trinajstić information content (AvgIpc) is 2.92. The van der Waals surface area contributed by atoms with E-state index in [9.17, 15) is 4.79 Å². The van der Waals surface area contributed by atoms with Gasteiger partial charge in [0.1, 0.15) is 5.75 Å². The highest BCUT2D eigenvalue weighted by Gasteiger charge is 2.30. The van der Waals surface area contributed by atoms with E-state index < -0.39 is 0 Å². The number of nitrogens with zero attached hydrogens (tertiary/aromatic N) is 1. The minimum Gasteiger partial charge on any atom is -0.496 e. The van der Waals surface area contributed by atoms with Gasteiger partial charge in [-0.2, -0.15) is 0 Å². The summed E-state index contributed by atoms with van der Waals surface area (Å²) in [4.78, 5) is 14.6. The quantitative estimate of drug-likeness (QED) is 0.883. The highest BCUT2D eigenvalue weighted by atomic mass is 16.5. The van der Waals surface area contributed by atoms with Crippen LogP contribution < -0.4 is 10.5 Å². The van der Waals surface area contributed by atoms with Crippen LogP contribution in [0.3, 0.4) is 0 Å². The number of carbonyl (C=O) groups excluding carboxylic acids is 1. The second-order valence-electron chi connectivity index (χ2n) is 4.93. The number of carbonyl (C=O) groups is 1. The van der Waals surface area contributed by atoms with E-state index in [1.54, 1.807) is 7.11 Å². The van der Waals surface area contributed by atoms with Gasteiger partial charge in [0.15, 0.2) is 0 Å². The Morgan fingerprint density at radius 2 is 2.26 bits per heavy atom. The number of para-hydroxylation sites is 1. The molecule has 1 aromatic rings. The molecule has 0 aliphatic carbocycles. The van der Waals surface area contributed by atoms with Gasteiger partial charge in [0, 0.05) is 12.6 Å². The van der Waals surface area contributed by atoms with E-state index in [2.05, 4.69) is 0 Å². The number of benzene rings is 1. The van der Waals surface area contributed by atoms with Crippen LogP contribution in [0.4, 0.5) is 0 Å². The molecule has 19 heavy (non-hydrogen) atoms. The van der Waals surface area contributed by atoms with Crippen molar-refractivity contribution >= 4 is 5.91 Å². The number of rotatable bonds is 5. The van der Waals surface area contributed by atoms with Crippen molar-refractivity contribution in [3.63, 3.8) is 0 Å².